The van der Waals surface area contributed by atoms with Crippen LogP contribution in [0.25, 0.3) is 0 Å². The van der Waals surface area contributed by atoms with Gasteiger partial charge in [0.2, 0.25) is 0 Å². The van der Waals surface area contributed by atoms with E-state index in [1.807, 2.05) is 65.0 Å². The van der Waals surface area contributed by atoms with E-state index in [0.29, 0.717) is 13.2 Å². The summed E-state index contributed by atoms with van der Waals surface area (Å²) >= 11 is 0. The maximum Gasteiger partial charge on any atom is 0.411 e. The summed E-state index contributed by atoms with van der Waals surface area (Å²) in [6, 6.07) is 9.05. The van der Waals surface area contributed by atoms with E-state index in [4.69, 9.17) is 14.2 Å². The minimum absolute atomic E-state index is 0.240. The number of aliphatic hydroxyl groups is 1. The molecule has 6 heteroatoms. The first-order valence-electron chi connectivity index (χ1n) is 8.57. The third-order valence-corrected chi connectivity index (χ3v) is 3.87. The van der Waals surface area contributed by atoms with Gasteiger partial charge in [-0.3, -0.25) is 4.90 Å². The first-order valence-corrected chi connectivity index (χ1v) is 8.57. The van der Waals surface area contributed by atoms with Crippen LogP contribution in [0.1, 0.15) is 40.2 Å². The average Bonchev–Trinajstić information content (AvgIpc) is 2.86. The number of nitrogens with zero attached hydrogens (tertiary/aromatic N) is 1. The number of rotatable bonds is 5. The van der Waals surface area contributed by atoms with E-state index in [9.17, 15) is 9.90 Å². The summed E-state index contributed by atoms with van der Waals surface area (Å²) in [5.74, 6) is -0.732. The van der Waals surface area contributed by atoms with Crippen LogP contribution in [0.2, 0.25) is 0 Å². The number of carbonyl (C=O) groups excluding carboxylic acids is 1. The highest BCUT2D eigenvalue weighted by molar-refractivity contribution is 5.68. The lowest BCUT2D eigenvalue weighted by Gasteiger charge is -2.35. The fraction of sp³-hybridized carbons (Fsp3) is 0.632. The van der Waals surface area contributed by atoms with Crippen molar-refractivity contribution in [3.05, 3.63) is 35.9 Å². The molecule has 1 fully saturated rings. The Morgan fingerprint density at radius 1 is 1.36 bits per heavy atom. The molecule has 6 nitrogen and oxygen atoms in total. The van der Waals surface area contributed by atoms with Crippen LogP contribution in [-0.2, 0) is 20.8 Å². The lowest BCUT2D eigenvalue weighted by atomic mass is 10.1. The third-order valence-electron chi connectivity index (χ3n) is 3.87. The van der Waals surface area contributed by atoms with Crippen molar-refractivity contribution in [3.8, 4) is 0 Å². The smallest absolute Gasteiger partial charge is 0.411 e. The highest BCUT2D eigenvalue weighted by Gasteiger charge is 2.41. The van der Waals surface area contributed by atoms with E-state index in [2.05, 4.69) is 0 Å². The van der Waals surface area contributed by atoms with Crippen molar-refractivity contribution in [2.75, 3.05) is 13.2 Å². The number of benzene rings is 1. The van der Waals surface area contributed by atoms with Gasteiger partial charge in [-0.1, -0.05) is 30.3 Å². The van der Waals surface area contributed by atoms with Crippen molar-refractivity contribution >= 4 is 6.09 Å². The molecule has 1 aliphatic heterocycles. The topological polar surface area (TPSA) is 68.2 Å². The van der Waals surface area contributed by atoms with E-state index in [1.165, 1.54) is 4.90 Å². The second-order valence-corrected chi connectivity index (χ2v) is 7.71. The normalized spacial score (nSPS) is 21.0. The van der Waals surface area contributed by atoms with Crippen molar-refractivity contribution in [3.63, 3.8) is 0 Å². The summed E-state index contributed by atoms with van der Waals surface area (Å²) in [4.78, 5) is 14.3. The summed E-state index contributed by atoms with van der Waals surface area (Å²) in [5, 5.41) is 9.97. The highest BCUT2D eigenvalue weighted by Crippen LogP contribution is 2.27. The Kier molecular flexibility index (Phi) is 6.08. The number of amides is 1. The molecule has 25 heavy (non-hydrogen) atoms. The number of carbonyl (C=O) groups is 1. The molecule has 1 heterocycles. The van der Waals surface area contributed by atoms with Gasteiger partial charge in [0.15, 0.2) is 5.79 Å². The average molecular weight is 351 g/mol. The first kappa shape index (κ1) is 19.7. The third kappa shape index (κ3) is 5.70. The standard InChI is InChI=1S/C19H29NO5/c1-18(2,3)25-17(22)20(11-14-9-7-6-8-10-14)15(12-21)16-13-23-19(4,5)24-16/h6-10,15-16,21H,11-13H2,1-5H3/t15-,16+/m0/s1. The Hall–Kier alpha value is -1.63. The lowest BCUT2D eigenvalue weighted by molar-refractivity contribution is -0.148. The Morgan fingerprint density at radius 2 is 2.00 bits per heavy atom. The van der Waals surface area contributed by atoms with E-state index >= 15 is 0 Å². The zero-order valence-corrected chi connectivity index (χ0v) is 15.7. The summed E-state index contributed by atoms with van der Waals surface area (Å²) in [5.41, 5.74) is 0.322. The maximum absolute atomic E-state index is 12.8. The van der Waals surface area contributed by atoms with E-state index in [0.717, 1.165) is 5.56 Å². The molecule has 1 saturated heterocycles. The molecule has 2 rings (SSSR count). The number of hydrogen-bond donors (Lipinski definition) is 1. The maximum atomic E-state index is 12.8. The quantitative estimate of drug-likeness (QED) is 0.883. The molecule has 1 amide bonds. The molecule has 0 bridgehead atoms. The molecule has 1 N–H and O–H groups in total. The largest absolute Gasteiger partial charge is 0.444 e. The Bertz CT molecular complexity index is 567. The molecule has 0 aliphatic carbocycles. The fourth-order valence-electron chi connectivity index (χ4n) is 2.74. The molecule has 0 saturated carbocycles. The fourth-order valence-corrected chi connectivity index (χ4v) is 2.74. The predicted molar refractivity (Wildman–Crippen MR) is 94.0 cm³/mol. The van der Waals surface area contributed by atoms with Gasteiger partial charge in [0, 0.05) is 6.54 Å². The van der Waals surface area contributed by atoms with Gasteiger partial charge in [0.05, 0.1) is 19.3 Å². The van der Waals surface area contributed by atoms with Crippen LogP contribution in [0.3, 0.4) is 0 Å². The molecule has 0 unspecified atom stereocenters. The van der Waals surface area contributed by atoms with Crippen molar-refractivity contribution in [1.82, 2.24) is 4.90 Å². The van der Waals surface area contributed by atoms with Crippen LogP contribution in [0.5, 0.6) is 0 Å². The van der Waals surface area contributed by atoms with Gasteiger partial charge in [-0.2, -0.15) is 0 Å². The minimum atomic E-state index is -0.732. The van der Waals surface area contributed by atoms with Gasteiger partial charge < -0.3 is 19.3 Å². The van der Waals surface area contributed by atoms with Gasteiger partial charge in [-0.15, -0.1) is 0 Å². The molecular weight excluding hydrogens is 322 g/mol. The Labute approximate surface area is 149 Å². The zero-order chi connectivity index (χ0) is 18.7. The first-order chi connectivity index (χ1) is 11.6. The van der Waals surface area contributed by atoms with Gasteiger partial charge >= 0.3 is 6.09 Å². The zero-order valence-electron chi connectivity index (χ0n) is 15.7. The van der Waals surface area contributed by atoms with Crippen molar-refractivity contribution in [1.29, 1.82) is 0 Å². The molecule has 0 radical (unpaired) electrons. The lowest BCUT2D eigenvalue weighted by Crippen LogP contribution is -2.51. The van der Waals surface area contributed by atoms with Gasteiger partial charge in [0.1, 0.15) is 11.7 Å². The second-order valence-electron chi connectivity index (χ2n) is 7.71. The molecule has 2 atom stereocenters. The van der Waals surface area contributed by atoms with Crippen LogP contribution >= 0.6 is 0 Å². The molecule has 140 valence electrons. The SMILES string of the molecule is CC(C)(C)OC(=O)N(Cc1ccccc1)[C@@H](CO)[C@H]1COC(C)(C)O1. The monoisotopic (exact) mass is 351 g/mol. The minimum Gasteiger partial charge on any atom is -0.444 e. The second kappa shape index (κ2) is 7.72. The summed E-state index contributed by atoms with van der Waals surface area (Å²) in [6.45, 7) is 9.48. The predicted octanol–water partition coefficient (Wildman–Crippen LogP) is 2.94. The number of ether oxygens (including phenoxy) is 3. The molecule has 0 spiro atoms. The number of hydrogen-bond acceptors (Lipinski definition) is 5. The van der Waals surface area contributed by atoms with Crippen LogP contribution in [0.15, 0.2) is 30.3 Å². The molecule has 1 aromatic rings. The van der Waals surface area contributed by atoms with Crippen LogP contribution in [0.4, 0.5) is 4.79 Å². The Morgan fingerprint density at radius 3 is 2.48 bits per heavy atom. The van der Waals surface area contributed by atoms with E-state index in [-0.39, 0.29) is 6.61 Å². The van der Waals surface area contributed by atoms with E-state index < -0.39 is 29.6 Å². The summed E-state index contributed by atoms with van der Waals surface area (Å²) in [7, 11) is 0. The molecule has 1 aromatic carbocycles. The van der Waals surface area contributed by atoms with Crippen LogP contribution < -0.4 is 0 Å². The van der Waals surface area contributed by atoms with Gasteiger partial charge in [-0.25, -0.2) is 4.79 Å². The summed E-state index contributed by atoms with van der Waals surface area (Å²) < 4.78 is 17.0. The number of aliphatic hydroxyl groups excluding tert-OH is 1. The van der Waals surface area contributed by atoms with Crippen LogP contribution in [-0.4, -0.2) is 52.8 Å². The van der Waals surface area contributed by atoms with E-state index in [1.54, 1.807) is 0 Å². The highest BCUT2D eigenvalue weighted by atomic mass is 16.7. The van der Waals surface area contributed by atoms with Gasteiger partial charge in [-0.05, 0) is 40.2 Å². The molecular formula is C19H29NO5. The molecule has 1 aliphatic rings. The van der Waals surface area contributed by atoms with Gasteiger partial charge in [0.25, 0.3) is 0 Å². The van der Waals surface area contributed by atoms with Crippen molar-refractivity contribution in [2.45, 2.75) is 64.7 Å². The summed E-state index contributed by atoms with van der Waals surface area (Å²) in [6.07, 6.45) is -0.903. The van der Waals surface area contributed by atoms with Crippen molar-refractivity contribution < 1.29 is 24.1 Å². The Balaban J connectivity index is 2.23. The van der Waals surface area contributed by atoms with Crippen LogP contribution in [0, 0.1) is 0 Å². The molecule has 0 aromatic heterocycles. The van der Waals surface area contributed by atoms with Crippen molar-refractivity contribution in [2.24, 2.45) is 0 Å².